The number of aryl methyl sites for hydroxylation is 1. The highest BCUT2D eigenvalue weighted by molar-refractivity contribution is 5.90. The summed E-state index contributed by atoms with van der Waals surface area (Å²) in [6.07, 6.45) is 0. The van der Waals surface area contributed by atoms with E-state index in [0.717, 1.165) is 31.9 Å². The summed E-state index contributed by atoms with van der Waals surface area (Å²) >= 11 is 0. The van der Waals surface area contributed by atoms with Crippen molar-refractivity contribution >= 4 is 11.8 Å². The topological polar surface area (TPSA) is 81.8 Å². The molecular formula is C14H24N4O3. The summed E-state index contributed by atoms with van der Waals surface area (Å²) in [6.45, 7) is 9.79. The maximum atomic E-state index is 11.9. The van der Waals surface area contributed by atoms with Crippen LogP contribution in [0.3, 0.4) is 0 Å². The van der Waals surface area contributed by atoms with Gasteiger partial charge in [-0.05, 0) is 20.8 Å². The van der Waals surface area contributed by atoms with Gasteiger partial charge in [0.1, 0.15) is 0 Å². The molecule has 0 radical (unpaired) electrons. The van der Waals surface area contributed by atoms with E-state index in [1.54, 1.807) is 13.0 Å². The Labute approximate surface area is 124 Å². The van der Waals surface area contributed by atoms with Crippen LogP contribution in [-0.2, 0) is 4.79 Å². The van der Waals surface area contributed by atoms with E-state index in [4.69, 9.17) is 4.52 Å². The lowest BCUT2D eigenvalue weighted by atomic mass is 10.1. The van der Waals surface area contributed by atoms with Crippen LogP contribution in [0.2, 0.25) is 0 Å². The number of nitrogens with one attached hydrogen (secondary N) is 1. The first-order valence-electron chi connectivity index (χ1n) is 7.22. The predicted octanol–water partition coefficient (Wildman–Crippen LogP) is 0.310. The van der Waals surface area contributed by atoms with Gasteiger partial charge < -0.3 is 9.63 Å². The zero-order valence-electron chi connectivity index (χ0n) is 12.9. The molecule has 7 nitrogen and oxygen atoms in total. The molecule has 1 saturated heterocycles. The molecule has 1 aliphatic heterocycles. The summed E-state index contributed by atoms with van der Waals surface area (Å²) in [5.74, 6) is 0.292. The van der Waals surface area contributed by atoms with Crippen LogP contribution in [0.1, 0.15) is 19.5 Å². The number of rotatable bonds is 5. The number of β-amino-alcohol motifs (C(OH)–C–C–N with tert-alkyl or cyclic N) is 1. The Hall–Kier alpha value is -1.44. The summed E-state index contributed by atoms with van der Waals surface area (Å²) in [5.41, 5.74) is 0.0643. The van der Waals surface area contributed by atoms with Crippen molar-refractivity contribution in [1.82, 2.24) is 15.0 Å². The number of aromatic nitrogens is 1. The van der Waals surface area contributed by atoms with Crippen LogP contribution in [0, 0.1) is 6.92 Å². The number of carbonyl (C=O) groups excluding carboxylic acids is 1. The number of piperazine rings is 1. The van der Waals surface area contributed by atoms with Gasteiger partial charge in [-0.15, -0.1) is 0 Å². The van der Waals surface area contributed by atoms with Crippen LogP contribution in [-0.4, -0.2) is 70.8 Å². The minimum Gasteiger partial charge on any atom is -0.389 e. The van der Waals surface area contributed by atoms with Crippen LogP contribution >= 0.6 is 0 Å². The van der Waals surface area contributed by atoms with Gasteiger partial charge in [0.2, 0.25) is 11.8 Å². The number of hydrogen-bond donors (Lipinski definition) is 2. The summed E-state index contributed by atoms with van der Waals surface area (Å²) in [6, 6.07) is 1.69. The molecule has 0 aliphatic carbocycles. The molecule has 1 aliphatic rings. The van der Waals surface area contributed by atoms with Crippen molar-refractivity contribution in [2.75, 3.05) is 44.6 Å². The fourth-order valence-corrected chi connectivity index (χ4v) is 2.46. The largest absolute Gasteiger partial charge is 0.389 e. The van der Waals surface area contributed by atoms with Crippen molar-refractivity contribution in [3.8, 4) is 0 Å². The van der Waals surface area contributed by atoms with E-state index >= 15 is 0 Å². The molecule has 0 atom stereocenters. The molecule has 2 rings (SSSR count). The van der Waals surface area contributed by atoms with E-state index in [1.807, 2.05) is 13.8 Å². The Morgan fingerprint density at radius 3 is 2.52 bits per heavy atom. The molecule has 1 aromatic heterocycles. The van der Waals surface area contributed by atoms with Gasteiger partial charge in [-0.1, -0.05) is 5.16 Å². The van der Waals surface area contributed by atoms with Gasteiger partial charge in [0.25, 0.3) is 0 Å². The fourth-order valence-electron chi connectivity index (χ4n) is 2.46. The van der Waals surface area contributed by atoms with Crippen LogP contribution in [0.25, 0.3) is 0 Å². The highest BCUT2D eigenvalue weighted by Crippen LogP contribution is 2.10. The molecule has 1 amide bonds. The van der Waals surface area contributed by atoms with Gasteiger partial charge in [0.15, 0.2) is 0 Å². The second-order valence-electron chi connectivity index (χ2n) is 6.25. The van der Waals surface area contributed by atoms with Crippen LogP contribution < -0.4 is 5.32 Å². The van der Waals surface area contributed by atoms with Crippen molar-refractivity contribution in [2.45, 2.75) is 26.4 Å². The third-order valence-corrected chi connectivity index (χ3v) is 3.33. The Morgan fingerprint density at radius 2 is 2.00 bits per heavy atom. The van der Waals surface area contributed by atoms with Gasteiger partial charge >= 0.3 is 0 Å². The quantitative estimate of drug-likeness (QED) is 0.814. The lowest BCUT2D eigenvalue weighted by molar-refractivity contribution is -0.118. The van der Waals surface area contributed by atoms with Crippen molar-refractivity contribution in [2.24, 2.45) is 0 Å². The lowest BCUT2D eigenvalue weighted by Gasteiger charge is -2.36. The normalized spacial score (nSPS) is 17.9. The minimum absolute atomic E-state index is 0.0953. The molecule has 0 bridgehead atoms. The molecule has 118 valence electrons. The third kappa shape index (κ3) is 5.45. The average molecular weight is 296 g/mol. The Balaban J connectivity index is 1.72. The number of anilines is 1. The first kappa shape index (κ1) is 15.9. The molecule has 0 spiro atoms. The Morgan fingerprint density at radius 1 is 1.38 bits per heavy atom. The van der Waals surface area contributed by atoms with E-state index in [9.17, 15) is 9.90 Å². The SMILES string of the molecule is Cc1cc(NC(=O)CN2CCN(CC(C)(C)O)CC2)on1. The van der Waals surface area contributed by atoms with E-state index in [1.165, 1.54) is 0 Å². The second kappa shape index (κ2) is 6.55. The third-order valence-electron chi connectivity index (χ3n) is 3.33. The molecule has 2 heterocycles. The number of aliphatic hydroxyl groups is 1. The van der Waals surface area contributed by atoms with E-state index in [2.05, 4.69) is 20.3 Å². The molecule has 7 heteroatoms. The van der Waals surface area contributed by atoms with Crippen LogP contribution in [0.15, 0.2) is 10.6 Å². The maximum absolute atomic E-state index is 11.9. The molecule has 2 N–H and O–H groups in total. The molecule has 0 unspecified atom stereocenters. The summed E-state index contributed by atoms with van der Waals surface area (Å²) in [5, 5.41) is 16.2. The highest BCUT2D eigenvalue weighted by Gasteiger charge is 2.23. The first-order valence-corrected chi connectivity index (χ1v) is 7.22. The molecule has 0 saturated carbocycles. The van der Waals surface area contributed by atoms with E-state index < -0.39 is 5.60 Å². The molecule has 1 aromatic rings. The van der Waals surface area contributed by atoms with Gasteiger partial charge in [0, 0.05) is 38.8 Å². The number of amides is 1. The summed E-state index contributed by atoms with van der Waals surface area (Å²) in [7, 11) is 0. The Bertz CT molecular complexity index is 473. The predicted molar refractivity (Wildman–Crippen MR) is 79.0 cm³/mol. The average Bonchev–Trinajstić information content (AvgIpc) is 2.75. The monoisotopic (exact) mass is 296 g/mol. The molecule has 1 fully saturated rings. The van der Waals surface area contributed by atoms with Gasteiger partial charge in [-0.3, -0.25) is 19.9 Å². The second-order valence-corrected chi connectivity index (χ2v) is 6.25. The van der Waals surface area contributed by atoms with Gasteiger partial charge in [0.05, 0.1) is 17.8 Å². The maximum Gasteiger partial charge on any atom is 0.240 e. The highest BCUT2D eigenvalue weighted by atomic mass is 16.5. The fraction of sp³-hybridized carbons (Fsp3) is 0.714. The Kier molecular flexibility index (Phi) is 4.97. The number of hydrogen-bond acceptors (Lipinski definition) is 6. The first-order chi connectivity index (χ1) is 9.82. The smallest absolute Gasteiger partial charge is 0.240 e. The molecule has 0 aromatic carbocycles. The standard InChI is InChI=1S/C14H24N4O3/c1-11-8-13(21-16-11)15-12(19)9-17-4-6-18(7-5-17)10-14(2,3)20/h8,20H,4-7,9-10H2,1-3H3,(H,15,19). The number of carbonyl (C=O) groups is 1. The zero-order valence-corrected chi connectivity index (χ0v) is 12.9. The van der Waals surface area contributed by atoms with Crippen molar-refractivity contribution in [3.63, 3.8) is 0 Å². The minimum atomic E-state index is -0.677. The van der Waals surface area contributed by atoms with E-state index in [0.29, 0.717) is 19.0 Å². The lowest BCUT2D eigenvalue weighted by Crippen LogP contribution is -2.51. The van der Waals surface area contributed by atoms with Crippen LogP contribution in [0.5, 0.6) is 0 Å². The summed E-state index contributed by atoms with van der Waals surface area (Å²) in [4.78, 5) is 16.2. The van der Waals surface area contributed by atoms with Crippen molar-refractivity contribution < 1.29 is 14.4 Å². The van der Waals surface area contributed by atoms with Crippen molar-refractivity contribution in [1.29, 1.82) is 0 Å². The van der Waals surface area contributed by atoms with Crippen molar-refractivity contribution in [3.05, 3.63) is 11.8 Å². The number of nitrogens with zero attached hydrogens (tertiary/aromatic N) is 3. The van der Waals surface area contributed by atoms with Gasteiger partial charge in [-0.2, -0.15) is 0 Å². The molecular weight excluding hydrogens is 272 g/mol. The zero-order chi connectivity index (χ0) is 15.5. The van der Waals surface area contributed by atoms with Crippen LogP contribution in [0.4, 0.5) is 5.88 Å². The van der Waals surface area contributed by atoms with Gasteiger partial charge in [-0.25, -0.2) is 0 Å². The van der Waals surface area contributed by atoms with E-state index in [-0.39, 0.29) is 5.91 Å². The summed E-state index contributed by atoms with van der Waals surface area (Å²) < 4.78 is 4.96. The molecule has 21 heavy (non-hydrogen) atoms.